The van der Waals surface area contributed by atoms with Crippen molar-refractivity contribution in [2.24, 2.45) is 0 Å². The fourth-order valence-corrected chi connectivity index (χ4v) is 3.14. The fraction of sp³-hybridized carbons (Fsp3) is 0.130. The number of benzene rings is 3. The molecule has 0 aliphatic rings. The minimum absolute atomic E-state index is 0.247. The molecule has 0 heterocycles. The van der Waals surface area contributed by atoms with Crippen LogP contribution < -0.4 is 5.32 Å². The van der Waals surface area contributed by atoms with Crippen LogP contribution in [-0.4, -0.2) is 28.4 Å². The van der Waals surface area contributed by atoms with Crippen LogP contribution >= 0.6 is 0 Å². The zero-order chi connectivity index (χ0) is 20.6. The van der Waals surface area contributed by atoms with E-state index in [9.17, 15) is 19.1 Å². The summed E-state index contributed by atoms with van der Waals surface area (Å²) in [4.78, 5) is 26.3. The van der Waals surface area contributed by atoms with Crippen LogP contribution in [-0.2, 0) is 16.1 Å². The Morgan fingerprint density at radius 1 is 0.897 bits per heavy atom. The SMILES string of the molecule is O=C(O)CN(Cc1ccccc1)C(C(=O)Nc1ccccc1)c1ccc(F)cc1. The van der Waals surface area contributed by atoms with Crippen molar-refractivity contribution in [3.8, 4) is 0 Å². The molecule has 0 aromatic heterocycles. The highest BCUT2D eigenvalue weighted by atomic mass is 19.1. The van der Waals surface area contributed by atoms with Gasteiger partial charge >= 0.3 is 5.97 Å². The van der Waals surface area contributed by atoms with Gasteiger partial charge in [-0.2, -0.15) is 0 Å². The second-order valence-electron chi connectivity index (χ2n) is 6.59. The maximum absolute atomic E-state index is 13.4. The molecule has 5 nitrogen and oxygen atoms in total. The van der Waals surface area contributed by atoms with E-state index in [-0.39, 0.29) is 19.0 Å². The summed E-state index contributed by atoms with van der Waals surface area (Å²) in [5, 5.41) is 12.3. The molecule has 3 aromatic carbocycles. The second-order valence-corrected chi connectivity index (χ2v) is 6.59. The summed E-state index contributed by atoms with van der Waals surface area (Å²) >= 11 is 0. The molecule has 1 unspecified atom stereocenters. The van der Waals surface area contributed by atoms with E-state index in [4.69, 9.17) is 0 Å². The predicted octanol–water partition coefficient (Wildman–Crippen LogP) is 4.09. The van der Waals surface area contributed by atoms with E-state index in [0.29, 0.717) is 11.3 Å². The van der Waals surface area contributed by atoms with Crippen LogP contribution in [0.4, 0.5) is 10.1 Å². The van der Waals surface area contributed by atoms with Gasteiger partial charge in [-0.15, -0.1) is 0 Å². The quantitative estimate of drug-likeness (QED) is 0.606. The number of nitrogens with zero attached hydrogens (tertiary/aromatic N) is 1. The predicted molar refractivity (Wildman–Crippen MR) is 109 cm³/mol. The lowest BCUT2D eigenvalue weighted by atomic mass is 10.0. The molecule has 0 bridgehead atoms. The Labute approximate surface area is 168 Å². The van der Waals surface area contributed by atoms with E-state index >= 15 is 0 Å². The number of aliphatic carboxylic acids is 1. The number of amides is 1. The molecule has 0 spiro atoms. The lowest BCUT2D eigenvalue weighted by Gasteiger charge is -2.30. The van der Waals surface area contributed by atoms with Gasteiger partial charge in [0.1, 0.15) is 11.9 Å². The first-order valence-corrected chi connectivity index (χ1v) is 9.14. The van der Waals surface area contributed by atoms with Crippen LogP contribution in [0, 0.1) is 5.82 Å². The van der Waals surface area contributed by atoms with E-state index in [1.807, 2.05) is 36.4 Å². The third-order valence-corrected chi connectivity index (χ3v) is 4.41. The lowest BCUT2D eigenvalue weighted by molar-refractivity contribution is -0.139. The Kier molecular flexibility index (Phi) is 6.71. The number of halogens is 1. The molecule has 0 radical (unpaired) electrons. The molecule has 2 N–H and O–H groups in total. The van der Waals surface area contributed by atoms with Gasteiger partial charge < -0.3 is 10.4 Å². The molecule has 1 atom stereocenters. The molecular formula is C23H21FN2O3. The number of carboxylic acid groups (broad SMARTS) is 1. The Morgan fingerprint density at radius 2 is 1.48 bits per heavy atom. The fourth-order valence-electron chi connectivity index (χ4n) is 3.14. The van der Waals surface area contributed by atoms with Crippen molar-refractivity contribution in [1.29, 1.82) is 0 Å². The summed E-state index contributed by atoms with van der Waals surface area (Å²) in [6.07, 6.45) is 0. The highest BCUT2D eigenvalue weighted by Gasteiger charge is 2.29. The second kappa shape index (κ2) is 9.61. The lowest BCUT2D eigenvalue weighted by Crippen LogP contribution is -2.40. The Morgan fingerprint density at radius 3 is 2.07 bits per heavy atom. The molecule has 0 fully saturated rings. The number of nitrogens with one attached hydrogen (secondary N) is 1. The van der Waals surface area contributed by atoms with E-state index in [1.54, 1.807) is 29.2 Å². The highest BCUT2D eigenvalue weighted by molar-refractivity contribution is 5.95. The summed E-state index contributed by atoms with van der Waals surface area (Å²) in [6, 6.07) is 22.8. The van der Waals surface area contributed by atoms with Gasteiger partial charge in [0.15, 0.2) is 0 Å². The van der Waals surface area contributed by atoms with Crippen LogP contribution in [0.5, 0.6) is 0 Å². The van der Waals surface area contributed by atoms with Gasteiger partial charge in [0, 0.05) is 12.2 Å². The summed E-state index contributed by atoms with van der Waals surface area (Å²) in [7, 11) is 0. The Balaban J connectivity index is 1.96. The molecular weight excluding hydrogens is 371 g/mol. The smallest absolute Gasteiger partial charge is 0.317 e. The minimum atomic E-state index is -1.06. The molecule has 1 amide bonds. The number of carboxylic acids is 1. The maximum Gasteiger partial charge on any atom is 0.317 e. The monoisotopic (exact) mass is 392 g/mol. The summed E-state index contributed by atoms with van der Waals surface area (Å²) in [5.74, 6) is -1.87. The Bertz CT molecular complexity index is 947. The third-order valence-electron chi connectivity index (χ3n) is 4.41. The van der Waals surface area contributed by atoms with Gasteiger partial charge in [0.25, 0.3) is 0 Å². The molecule has 148 valence electrons. The van der Waals surface area contributed by atoms with Crippen molar-refractivity contribution in [3.63, 3.8) is 0 Å². The van der Waals surface area contributed by atoms with Crippen molar-refractivity contribution in [3.05, 3.63) is 102 Å². The third kappa shape index (κ3) is 5.73. The number of carbonyl (C=O) groups excluding carboxylic acids is 1. The van der Waals surface area contributed by atoms with Crippen LogP contribution in [0.1, 0.15) is 17.2 Å². The first-order valence-electron chi connectivity index (χ1n) is 9.14. The van der Waals surface area contributed by atoms with E-state index in [0.717, 1.165) is 5.56 Å². The summed E-state index contributed by atoms with van der Waals surface area (Å²) in [6.45, 7) is -0.101. The molecule has 3 rings (SSSR count). The van der Waals surface area contributed by atoms with Crippen LogP contribution in [0.2, 0.25) is 0 Å². The zero-order valence-corrected chi connectivity index (χ0v) is 15.7. The normalized spacial score (nSPS) is 11.8. The molecule has 0 saturated carbocycles. The molecule has 0 aliphatic heterocycles. The van der Waals surface area contributed by atoms with Gasteiger partial charge in [-0.1, -0.05) is 60.7 Å². The number of hydrogen-bond donors (Lipinski definition) is 2. The minimum Gasteiger partial charge on any atom is -0.480 e. The topological polar surface area (TPSA) is 69.6 Å². The van der Waals surface area contributed by atoms with Crippen molar-refractivity contribution >= 4 is 17.6 Å². The van der Waals surface area contributed by atoms with Gasteiger partial charge in [-0.25, -0.2) is 4.39 Å². The van der Waals surface area contributed by atoms with E-state index < -0.39 is 17.8 Å². The van der Waals surface area contributed by atoms with Crippen molar-refractivity contribution < 1.29 is 19.1 Å². The molecule has 0 aliphatic carbocycles. The van der Waals surface area contributed by atoms with Gasteiger partial charge in [0.05, 0.1) is 6.54 Å². The number of hydrogen-bond acceptors (Lipinski definition) is 3. The zero-order valence-electron chi connectivity index (χ0n) is 15.7. The molecule has 0 saturated heterocycles. The molecule has 29 heavy (non-hydrogen) atoms. The number of rotatable bonds is 8. The largest absolute Gasteiger partial charge is 0.480 e. The van der Waals surface area contributed by atoms with E-state index in [2.05, 4.69) is 5.32 Å². The Hall–Kier alpha value is -3.51. The maximum atomic E-state index is 13.4. The standard InChI is InChI=1S/C23H21FN2O3/c24-19-13-11-18(12-14-19)22(23(29)25-20-9-5-2-6-10-20)26(16-21(27)28)15-17-7-3-1-4-8-17/h1-14,22H,15-16H2,(H,25,29)(H,27,28). The number of carbonyl (C=O) groups is 2. The first-order chi connectivity index (χ1) is 14.0. The molecule has 6 heteroatoms. The van der Waals surface area contributed by atoms with Gasteiger partial charge in [-0.3, -0.25) is 14.5 Å². The summed E-state index contributed by atoms with van der Waals surface area (Å²) < 4.78 is 13.4. The molecule has 3 aromatic rings. The van der Waals surface area contributed by atoms with Crippen molar-refractivity contribution in [2.45, 2.75) is 12.6 Å². The summed E-state index contributed by atoms with van der Waals surface area (Å²) in [5.41, 5.74) is 1.98. The van der Waals surface area contributed by atoms with E-state index in [1.165, 1.54) is 24.3 Å². The van der Waals surface area contributed by atoms with Crippen molar-refractivity contribution in [1.82, 2.24) is 4.90 Å². The van der Waals surface area contributed by atoms with Gasteiger partial charge in [-0.05, 0) is 35.4 Å². The average molecular weight is 392 g/mol. The van der Waals surface area contributed by atoms with Crippen LogP contribution in [0.25, 0.3) is 0 Å². The number of anilines is 1. The van der Waals surface area contributed by atoms with Crippen LogP contribution in [0.15, 0.2) is 84.9 Å². The highest BCUT2D eigenvalue weighted by Crippen LogP contribution is 2.25. The van der Waals surface area contributed by atoms with Gasteiger partial charge in [0.2, 0.25) is 5.91 Å². The van der Waals surface area contributed by atoms with Crippen LogP contribution in [0.3, 0.4) is 0 Å². The first kappa shape index (κ1) is 20.2. The number of para-hydroxylation sites is 1. The average Bonchev–Trinajstić information content (AvgIpc) is 2.71. The van der Waals surface area contributed by atoms with Crippen molar-refractivity contribution in [2.75, 3.05) is 11.9 Å².